The van der Waals surface area contributed by atoms with E-state index in [0.29, 0.717) is 23.9 Å². The van der Waals surface area contributed by atoms with Gasteiger partial charge in [0.1, 0.15) is 13.2 Å². The van der Waals surface area contributed by atoms with E-state index in [9.17, 15) is 19.5 Å². The average Bonchev–Trinajstić information content (AvgIpc) is 3.45. The molecule has 0 saturated heterocycles. The fraction of sp³-hybridized carbons (Fsp3) is 0.877. The van der Waals surface area contributed by atoms with Crippen LogP contribution in [-0.4, -0.2) is 82.3 Å². The molecule has 0 aromatic rings. The van der Waals surface area contributed by atoms with Crippen molar-refractivity contribution in [2.24, 2.45) is 0 Å². The molecule has 0 spiro atoms. The van der Waals surface area contributed by atoms with Crippen LogP contribution in [0.2, 0.25) is 0 Å². The lowest BCUT2D eigenvalue weighted by Gasteiger charge is -2.26. The van der Waals surface area contributed by atoms with E-state index in [4.69, 9.17) is 18.9 Å². The Morgan fingerprint density at radius 1 is 0.366 bits per heavy atom. The van der Waals surface area contributed by atoms with Gasteiger partial charge in [-0.2, -0.15) is 0 Å². The first kappa shape index (κ1) is 79.5. The van der Waals surface area contributed by atoms with Crippen LogP contribution in [0.25, 0.3) is 0 Å². The molecule has 0 aromatic heterocycles. The number of carbonyl (C=O) groups excluding carboxylic acids is 3. The molecule has 0 aromatic carbocycles. The summed E-state index contributed by atoms with van der Waals surface area (Å²) in [5.74, 6) is -2.27. The molecule has 9 heteroatoms. The van der Waals surface area contributed by atoms with E-state index in [1.165, 1.54) is 270 Å². The largest absolute Gasteiger partial charge is 0.545 e. The maximum Gasteiger partial charge on any atom is 0.306 e. The van der Waals surface area contributed by atoms with Crippen molar-refractivity contribution >= 4 is 17.9 Å². The summed E-state index contributed by atoms with van der Waals surface area (Å²) in [6, 6.07) is 0. The molecule has 0 N–H and O–H groups in total. The van der Waals surface area contributed by atoms with Crippen LogP contribution in [0.1, 0.15) is 354 Å². The summed E-state index contributed by atoms with van der Waals surface area (Å²) in [5.41, 5.74) is 0. The lowest BCUT2D eigenvalue weighted by atomic mass is 10.0. The van der Waals surface area contributed by atoms with Crippen LogP contribution in [0.15, 0.2) is 36.5 Å². The summed E-state index contributed by atoms with van der Waals surface area (Å²) < 4.78 is 22.8. The number of hydrogen-bond donors (Lipinski definition) is 0. The van der Waals surface area contributed by atoms with E-state index < -0.39 is 24.3 Å². The molecule has 0 fully saturated rings. The van der Waals surface area contributed by atoms with Gasteiger partial charge in [0.2, 0.25) is 0 Å². The van der Waals surface area contributed by atoms with Crippen LogP contribution >= 0.6 is 0 Å². The van der Waals surface area contributed by atoms with Gasteiger partial charge in [-0.3, -0.25) is 9.59 Å². The average molecular weight is 1160 g/mol. The summed E-state index contributed by atoms with van der Waals surface area (Å²) in [4.78, 5) is 37.4. The van der Waals surface area contributed by atoms with E-state index in [1.807, 2.05) is 21.1 Å². The van der Waals surface area contributed by atoms with Crippen molar-refractivity contribution in [2.75, 3.05) is 47.5 Å². The molecule has 0 saturated carbocycles. The first-order valence-corrected chi connectivity index (χ1v) is 35.6. The molecule has 9 nitrogen and oxygen atoms in total. The highest BCUT2D eigenvalue weighted by atomic mass is 16.7. The predicted octanol–water partition coefficient (Wildman–Crippen LogP) is 20.6. The van der Waals surface area contributed by atoms with Gasteiger partial charge < -0.3 is 33.3 Å². The third-order valence-electron chi connectivity index (χ3n) is 16.1. The van der Waals surface area contributed by atoms with Crippen LogP contribution in [0, 0.1) is 0 Å². The minimum Gasteiger partial charge on any atom is -0.545 e. The molecule has 82 heavy (non-hydrogen) atoms. The standard InChI is InChI=1S/C73H137NO8/c1-6-8-10-12-14-16-18-20-22-24-26-27-28-29-30-31-32-33-34-35-36-37-38-39-40-41-42-43-44-45-46-48-49-51-53-55-57-59-61-63-70(75)80-67-69(68-81-73(72(77)78)79-66-65-74(3,4)5)82-71(76)64-62-60-58-56-54-52-50-47-25-23-21-19-17-15-13-11-9-7-2/h17,19,23-26,69,73H,6-16,18,20-22,27-68H2,1-5H3/b19-17-,25-23-,26-24-. The summed E-state index contributed by atoms with van der Waals surface area (Å²) in [6.45, 7) is 4.77. The predicted molar refractivity (Wildman–Crippen MR) is 348 cm³/mol. The summed E-state index contributed by atoms with van der Waals surface area (Å²) in [6.07, 6.45) is 78.3. The first-order valence-electron chi connectivity index (χ1n) is 35.6. The van der Waals surface area contributed by atoms with Gasteiger partial charge >= 0.3 is 11.9 Å². The summed E-state index contributed by atoms with van der Waals surface area (Å²) >= 11 is 0. The summed E-state index contributed by atoms with van der Waals surface area (Å²) in [5, 5.41) is 11.8. The lowest BCUT2D eigenvalue weighted by molar-refractivity contribution is -0.870. The van der Waals surface area contributed by atoms with Gasteiger partial charge in [0, 0.05) is 12.8 Å². The van der Waals surface area contributed by atoms with Gasteiger partial charge in [0.15, 0.2) is 12.4 Å². The van der Waals surface area contributed by atoms with E-state index in [1.54, 1.807) is 0 Å². The minimum absolute atomic E-state index is 0.148. The quantitative estimate of drug-likeness (QED) is 0.0195. The molecule has 0 bridgehead atoms. The number of ether oxygens (including phenoxy) is 4. The maximum atomic E-state index is 12.9. The zero-order valence-corrected chi connectivity index (χ0v) is 55.1. The van der Waals surface area contributed by atoms with Crippen molar-refractivity contribution in [3.63, 3.8) is 0 Å². The molecule has 0 aliphatic heterocycles. The highest BCUT2D eigenvalue weighted by molar-refractivity contribution is 5.70. The minimum atomic E-state index is -1.62. The number of hydrogen-bond acceptors (Lipinski definition) is 8. The number of unbranched alkanes of at least 4 members (excludes halogenated alkanes) is 46. The second kappa shape index (κ2) is 64.5. The highest BCUT2D eigenvalue weighted by Crippen LogP contribution is 2.19. The van der Waals surface area contributed by atoms with Gasteiger partial charge in [-0.1, -0.05) is 307 Å². The number of likely N-dealkylation sites (N-methyl/N-ethyl adjacent to an activating group) is 1. The van der Waals surface area contributed by atoms with E-state index in [-0.39, 0.29) is 32.2 Å². The van der Waals surface area contributed by atoms with Crippen molar-refractivity contribution in [3.8, 4) is 0 Å². The van der Waals surface area contributed by atoms with Gasteiger partial charge in [-0.25, -0.2) is 0 Å². The van der Waals surface area contributed by atoms with Crippen molar-refractivity contribution in [1.29, 1.82) is 0 Å². The van der Waals surface area contributed by atoms with E-state index in [2.05, 4.69) is 50.3 Å². The van der Waals surface area contributed by atoms with Crippen molar-refractivity contribution in [1.82, 2.24) is 0 Å². The second-order valence-electron chi connectivity index (χ2n) is 25.5. The number of quaternary nitrogens is 1. The Balaban J connectivity index is 3.93. The monoisotopic (exact) mass is 1160 g/mol. The SMILES string of the molecule is CCCCCC/C=C\C/C=C\CCCCCCCCCC(=O)OC(COC(=O)CCCCCCCCCCCCCCCCCCCCCCCCCCCCC/C=C\CCCCCCCCCC)COC(OCC[N+](C)(C)C)C(=O)[O-]. The van der Waals surface area contributed by atoms with Crippen LogP contribution < -0.4 is 5.11 Å². The van der Waals surface area contributed by atoms with Crippen LogP contribution in [0.3, 0.4) is 0 Å². The van der Waals surface area contributed by atoms with Gasteiger partial charge in [-0.15, -0.1) is 0 Å². The number of esters is 2. The third-order valence-corrected chi connectivity index (χ3v) is 16.1. The Bertz CT molecular complexity index is 1440. The Kier molecular flexibility index (Phi) is 62.5. The molecule has 2 unspecified atom stereocenters. The third kappa shape index (κ3) is 65.1. The molecular weight excluding hydrogens is 1020 g/mol. The fourth-order valence-electron chi connectivity index (χ4n) is 10.6. The number of carbonyl (C=O) groups is 3. The molecule has 0 radical (unpaired) electrons. The zero-order chi connectivity index (χ0) is 59.8. The molecular formula is C73H137NO8. The van der Waals surface area contributed by atoms with Crippen molar-refractivity contribution in [3.05, 3.63) is 36.5 Å². The van der Waals surface area contributed by atoms with Crippen LogP contribution in [0.4, 0.5) is 0 Å². The Labute approximate surface area is 509 Å². The Morgan fingerprint density at radius 2 is 0.659 bits per heavy atom. The first-order chi connectivity index (χ1) is 40.1. The lowest BCUT2D eigenvalue weighted by Crippen LogP contribution is -2.44. The Morgan fingerprint density at radius 3 is 0.988 bits per heavy atom. The Hall–Kier alpha value is -2.49. The topological polar surface area (TPSA) is 111 Å². The second-order valence-corrected chi connectivity index (χ2v) is 25.5. The van der Waals surface area contributed by atoms with Crippen molar-refractivity contribution in [2.45, 2.75) is 367 Å². The molecule has 0 heterocycles. The molecule has 0 aliphatic rings. The normalized spacial score (nSPS) is 12.8. The van der Waals surface area contributed by atoms with E-state index in [0.717, 1.165) is 51.4 Å². The molecule has 0 aliphatic carbocycles. The summed E-state index contributed by atoms with van der Waals surface area (Å²) in [7, 11) is 5.93. The zero-order valence-electron chi connectivity index (χ0n) is 55.1. The van der Waals surface area contributed by atoms with Crippen LogP contribution in [-0.2, 0) is 33.3 Å². The number of nitrogens with zero attached hydrogens (tertiary/aromatic N) is 1. The molecule has 0 rings (SSSR count). The molecule has 0 amide bonds. The highest BCUT2D eigenvalue weighted by Gasteiger charge is 2.22. The fourth-order valence-corrected chi connectivity index (χ4v) is 10.6. The van der Waals surface area contributed by atoms with Crippen molar-refractivity contribution < 1.29 is 42.9 Å². The number of rotatable bonds is 67. The molecule has 482 valence electrons. The van der Waals surface area contributed by atoms with Gasteiger partial charge in [-0.05, 0) is 70.6 Å². The number of carboxylic acid groups (broad SMARTS) is 1. The number of carboxylic acids is 1. The van der Waals surface area contributed by atoms with Gasteiger partial charge in [0.05, 0.1) is 40.3 Å². The number of allylic oxidation sites excluding steroid dienone is 6. The smallest absolute Gasteiger partial charge is 0.306 e. The number of aliphatic carboxylic acids is 1. The van der Waals surface area contributed by atoms with E-state index >= 15 is 0 Å². The van der Waals surface area contributed by atoms with Crippen LogP contribution in [0.5, 0.6) is 0 Å². The maximum absolute atomic E-state index is 12.9. The molecule has 2 atom stereocenters. The van der Waals surface area contributed by atoms with Gasteiger partial charge in [0.25, 0.3) is 0 Å².